The van der Waals surface area contributed by atoms with E-state index in [1.165, 1.54) is 66.6 Å². The number of aliphatic hydroxyl groups is 1. The number of hydrogen-bond acceptors (Lipinski definition) is 17. The highest BCUT2D eigenvalue weighted by Crippen LogP contribution is 2.48. The highest BCUT2D eigenvalue weighted by Gasteiger charge is 2.37. The van der Waals surface area contributed by atoms with E-state index in [1.54, 1.807) is 53.0 Å². The molecule has 6 aliphatic rings. The molecule has 16 aromatic rings. The zero-order valence-corrected chi connectivity index (χ0v) is 71.1. The van der Waals surface area contributed by atoms with Crippen LogP contribution in [0.5, 0.6) is 0 Å². The highest BCUT2D eigenvalue weighted by molar-refractivity contribution is 5.99. The number of anilines is 8. The highest BCUT2D eigenvalue weighted by atomic mass is 19.1. The molecule has 4 aliphatic heterocycles. The number of halogens is 4. The second kappa shape index (κ2) is 31.2. The van der Waals surface area contributed by atoms with Gasteiger partial charge >= 0.3 is 0 Å². The molecule has 0 saturated heterocycles. The number of fused-ring (bicyclic) bond motifs is 16. The van der Waals surface area contributed by atoms with Crippen molar-refractivity contribution in [3.63, 3.8) is 0 Å². The van der Waals surface area contributed by atoms with E-state index in [4.69, 9.17) is 19.9 Å². The minimum absolute atomic E-state index is 0.0749. The Morgan fingerprint density at radius 1 is 0.355 bits per heavy atom. The van der Waals surface area contributed by atoms with Gasteiger partial charge in [-0.15, -0.1) is 40.8 Å². The van der Waals surface area contributed by atoms with Gasteiger partial charge in [0.05, 0.1) is 38.2 Å². The Bertz CT molecular complexity index is 6860. The fourth-order valence-electron chi connectivity index (χ4n) is 17.2. The number of aromatic nitrogens is 16. The second-order valence-electron chi connectivity index (χ2n) is 35.0. The van der Waals surface area contributed by atoms with Gasteiger partial charge in [0.1, 0.15) is 75.4 Å². The van der Waals surface area contributed by atoms with Crippen molar-refractivity contribution in [3.05, 3.63) is 237 Å². The van der Waals surface area contributed by atoms with Gasteiger partial charge in [-0.1, -0.05) is 89.8 Å². The molecule has 2 fully saturated rings. The van der Waals surface area contributed by atoms with Crippen LogP contribution in [0.4, 0.5) is 63.6 Å². The van der Waals surface area contributed by atoms with E-state index in [-0.39, 0.29) is 39.5 Å². The van der Waals surface area contributed by atoms with E-state index >= 15 is 13.2 Å². The van der Waals surface area contributed by atoms with Crippen LogP contribution < -0.4 is 19.6 Å². The predicted molar refractivity (Wildman–Crippen MR) is 477 cm³/mol. The third-order valence-electron chi connectivity index (χ3n) is 24.0. The van der Waals surface area contributed by atoms with E-state index < -0.39 is 5.60 Å². The van der Waals surface area contributed by atoms with Crippen LogP contribution in [-0.2, 0) is 25.7 Å². The summed E-state index contributed by atoms with van der Waals surface area (Å²) in [6.45, 7) is 24.5. The molecule has 0 spiro atoms. The fraction of sp³-hybridized carbons (Fsp3) is 0.313. The van der Waals surface area contributed by atoms with Crippen molar-refractivity contribution < 1.29 is 22.7 Å². The Labute approximate surface area is 714 Å². The van der Waals surface area contributed by atoms with Crippen molar-refractivity contribution >= 4 is 113 Å². The third-order valence-corrected chi connectivity index (χ3v) is 24.0. The molecule has 1 N–H and O–H groups in total. The molecule has 2 aliphatic carbocycles. The van der Waals surface area contributed by atoms with Crippen molar-refractivity contribution in [1.82, 2.24) is 78.3 Å². The molecule has 124 heavy (non-hydrogen) atoms. The maximum Gasteiger partial charge on any atom is 0.257 e. The van der Waals surface area contributed by atoms with Crippen LogP contribution in [0.15, 0.2) is 146 Å². The van der Waals surface area contributed by atoms with Crippen LogP contribution in [0.25, 0.3) is 66.7 Å². The van der Waals surface area contributed by atoms with Gasteiger partial charge in [-0.25, -0.2) is 17.6 Å². The van der Waals surface area contributed by atoms with E-state index in [0.29, 0.717) is 86.3 Å². The van der Waals surface area contributed by atoms with Crippen molar-refractivity contribution in [2.75, 3.05) is 45.8 Å². The van der Waals surface area contributed by atoms with Crippen molar-refractivity contribution in [3.8, 4) is 47.4 Å². The molecule has 12 heterocycles. The van der Waals surface area contributed by atoms with Crippen LogP contribution in [-0.4, -0.2) is 115 Å². The summed E-state index contributed by atoms with van der Waals surface area (Å²) < 4.78 is 66.9. The van der Waals surface area contributed by atoms with Crippen molar-refractivity contribution in [2.24, 2.45) is 16.2 Å². The monoisotopic (exact) mass is 1650 g/mol. The smallest absolute Gasteiger partial charge is 0.257 e. The Morgan fingerprint density at radius 3 is 0.992 bits per heavy atom. The average molecular weight is 1650 g/mol. The molecule has 8 aromatic carbocycles. The molecule has 8 aromatic heterocycles. The van der Waals surface area contributed by atoms with Gasteiger partial charge in [0.15, 0.2) is 0 Å². The number of hydrogen-bond donors (Lipinski definition) is 1. The van der Waals surface area contributed by atoms with E-state index in [1.807, 2.05) is 89.9 Å². The number of aryl methyl sites for hydroxylation is 4. The summed E-state index contributed by atoms with van der Waals surface area (Å²) in [6.07, 6.45) is 12.2. The Balaban J connectivity index is 0.000000108. The minimum atomic E-state index is -1.07. The molecule has 0 bridgehead atoms. The van der Waals surface area contributed by atoms with E-state index in [2.05, 4.69) is 180 Å². The molecule has 25 heteroatoms. The normalized spacial score (nSPS) is 15.4. The predicted octanol–water partition coefficient (Wildman–Crippen LogP) is 19.1. The molecular formula is C99H90F4N20O. The van der Waals surface area contributed by atoms with Gasteiger partial charge in [0, 0.05) is 92.8 Å². The minimum Gasteiger partial charge on any atom is -0.378 e. The molecule has 620 valence electrons. The Kier molecular flexibility index (Phi) is 20.1. The lowest BCUT2D eigenvalue weighted by Gasteiger charge is -2.32. The summed E-state index contributed by atoms with van der Waals surface area (Å²) in [7, 11) is 0. The number of benzene rings is 8. The van der Waals surface area contributed by atoms with Crippen molar-refractivity contribution in [2.45, 2.75) is 159 Å². The first-order valence-corrected chi connectivity index (χ1v) is 42.4. The molecule has 0 atom stereocenters. The first kappa shape index (κ1) is 79.9. The summed E-state index contributed by atoms with van der Waals surface area (Å²) in [5.41, 5.74) is 15.1. The van der Waals surface area contributed by atoms with Crippen LogP contribution in [0.2, 0.25) is 0 Å². The summed E-state index contributed by atoms with van der Waals surface area (Å²) in [4.78, 5) is 27.5. The Morgan fingerprint density at radius 2 is 0.661 bits per heavy atom. The summed E-state index contributed by atoms with van der Waals surface area (Å²) in [6, 6.07) is 44.6. The molecule has 2 saturated carbocycles. The lowest BCUT2D eigenvalue weighted by atomic mass is 9.93. The van der Waals surface area contributed by atoms with Crippen LogP contribution >= 0.6 is 0 Å². The van der Waals surface area contributed by atoms with Gasteiger partial charge in [0.25, 0.3) is 23.1 Å². The van der Waals surface area contributed by atoms with Gasteiger partial charge < -0.3 is 24.7 Å². The van der Waals surface area contributed by atoms with Gasteiger partial charge in [0.2, 0.25) is 0 Å². The summed E-state index contributed by atoms with van der Waals surface area (Å²) >= 11 is 0. The van der Waals surface area contributed by atoms with Crippen LogP contribution in [0.1, 0.15) is 168 Å². The summed E-state index contributed by atoms with van der Waals surface area (Å²) in [5, 5.41) is 45.7. The van der Waals surface area contributed by atoms with E-state index in [0.717, 1.165) is 155 Å². The lowest BCUT2D eigenvalue weighted by Crippen LogP contribution is -2.26. The van der Waals surface area contributed by atoms with E-state index in [9.17, 15) is 9.50 Å². The molecule has 0 unspecified atom stereocenters. The second-order valence-corrected chi connectivity index (χ2v) is 35.0. The molecule has 0 amide bonds. The summed E-state index contributed by atoms with van der Waals surface area (Å²) in [5.74, 6) is 32.4. The largest absolute Gasteiger partial charge is 0.378 e. The first-order valence-electron chi connectivity index (χ1n) is 42.4. The Hall–Kier alpha value is -13.9. The van der Waals surface area contributed by atoms with Gasteiger partial charge in [-0.2, -0.15) is 19.9 Å². The zero-order valence-electron chi connectivity index (χ0n) is 71.1. The maximum absolute atomic E-state index is 15.1. The average Bonchev–Trinajstić information content (AvgIpc) is 1.36. The fourth-order valence-corrected chi connectivity index (χ4v) is 17.2. The topological polar surface area (TPSA) is 206 Å². The maximum atomic E-state index is 15.1. The molecule has 0 radical (unpaired) electrons. The standard InChI is InChI=1S/2C25H22FN5.C25H24FN5.C24H22FN5O/c1-16-28-29-24-27-23(22-19(26)8-4-10-21(22)31(16)24)30-15-5-7-18-17(6-3-9-20(18)30)11-12-25(2)13-14-25;1-16-28-29-24-27-23(20-15-18(26)8-9-22(20)31(16)24)30-14-4-6-19-17(5-3-7-21(19)30)10-11-25(2)12-13-25;1-16-28-29-24-27-23(22-19(26)10-6-12-21(22)31(16)24)30-15-7-9-18-17(8-5-11-20(18)30)13-14-25(2,3)4;1-15-27-28-23-26-22(21-18(25)9-5-11-20(21)30(15)23)29-14-6-8-17-16(7-4-10-19(17)29)12-13-24(2,3)31/h3-4,6,8-10H,5,7,13-15H2,1-2H3;3,5,7-9,15H,4,6,12-14H2,1-2H3;5-6,8,10-12H,7,9,15H2,1-4H3;4-5,7,9-11,31H,6,8,14H2,1-3H3. The lowest BCUT2D eigenvalue weighted by molar-refractivity contribution is 0.143. The van der Waals surface area contributed by atoms with Crippen LogP contribution in [0, 0.1) is 115 Å². The molecule has 21 nitrogen and oxygen atoms in total. The van der Waals surface area contributed by atoms with Gasteiger partial charge in [-0.3, -0.25) is 17.6 Å². The third kappa shape index (κ3) is 15.0. The zero-order chi connectivity index (χ0) is 85.8. The van der Waals surface area contributed by atoms with Crippen molar-refractivity contribution in [1.29, 1.82) is 0 Å². The SMILES string of the molecule is Cc1nnc2nc(N3CCCc4c(C#CC(C)(C)C)cccc43)c3c(F)cccc3n12.Cc1nnc2nc(N3CCCc4c(C#CC(C)(C)O)cccc43)c3c(F)cccc3n12.Cc1nnc2nc(N3CCCc4c(C#CC5(C)CC5)cccc43)c3c(F)cccc3n12.Cc1nnc2nc(N3CCCc4c(C#CC5(C)CC5)cccc43)c3cc(F)ccc3n12. The molecular weight excluding hydrogens is 1560 g/mol. The number of nitrogens with zero attached hydrogens (tertiary/aromatic N) is 20. The van der Waals surface area contributed by atoms with Gasteiger partial charge in [-0.05, 0) is 279 Å². The quantitative estimate of drug-likeness (QED) is 0.128. The van der Waals surface area contributed by atoms with Crippen LogP contribution in [0.3, 0.4) is 0 Å². The first-order chi connectivity index (χ1) is 59.7. The number of rotatable bonds is 4. The molecule has 22 rings (SSSR count).